The number of hydrogen-bond donors (Lipinski definition) is 1. The SMILES string of the molecule is CSc1cc(Cl)cc(Cl)c1.Sc1cc(Cl)cc(Cl)c1. The molecule has 0 aliphatic carbocycles. The van der Waals surface area contributed by atoms with Crippen molar-refractivity contribution < 1.29 is 0 Å². The van der Waals surface area contributed by atoms with Gasteiger partial charge >= 0.3 is 0 Å². The molecule has 0 aliphatic rings. The minimum atomic E-state index is 0.618. The fourth-order valence-electron chi connectivity index (χ4n) is 1.19. The molecule has 0 aromatic heterocycles. The van der Waals surface area contributed by atoms with Gasteiger partial charge in [-0.2, -0.15) is 0 Å². The van der Waals surface area contributed by atoms with Gasteiger partial charge in [-0.1, -0.05) is 46.4 Å². The smallest absolute Gasteiger partial charge is 0.0431 e. The fourth-order valence-corrected chi connectivity index (χ4v) is 3.29. The van der Waals surface area contributed by atoms with E-state index in [0.717, 1.165) is 9.79 Å². The van der Waals surface area contributed by atoms with Crippen LogP contribution in [0.3, 0.4) is 0 Å². The van der Waals surface area contributed by atoms with Crippen LogP contribution in [0.15, 0.2) is 46.2 Å². The highest BCUT2D eigenvalue weighted by Gasteiger charge is 1.94. The zero-order valence-electron chi connectivity index (χ0n) is 9.83. The maximum Gasteiger partial charge on any atom is 0.0431 e. The van der Waals surface area contributed by atoms with Gasteiger partial charge in [-0.25, -0.2) is 0 Å². The first-order valence-corrected chi connectivity index (χ1v) is 8.24. The van der Waals surface area contributed by atoms with Gasteiger partial charge in [-0.3, -0.25) is 0 Å². The van der Waals surface area contributed by atoms with E-state index in [1.807, 2.05) is 18.4 Å². The lowest BCUT2D eigenvalue weighted by Crippen LogP contribution is -1.70. The number of halogens is 4. The molecule has 0 nitrogen and oxygen atoms in total. The van der Waals surface area contributed by atoms with E-state index in [1.54, 1.807) is 36.0 Å². The molecule has 0 fully saturated rings. The molecule has 2 rings (SSSR count). The predicted octanol–water partition coefficient (Wildman–Crippen LogP) is 7.00. The molecule has 0 atom stereocenters. The van der Waals surface area contributed by atoms with Crippen molar-refractivity contribution in [3.8, 4) is 0 Å². The molecule has 6 heteroatoms. The molecule has 0 unspecified atom stereocenters. The largest absolute Gasteiger partial charge is 0.143 e. The lowest BCUT2D eigenvalue weighted by molar-refractivity contribution is 1.47. The van der Waals surface area contributed by atoms with Crippen molar-refractivity contribution in [1.29, 1.82) is 0 Å². The molecule has 0 aliphatic heterocycles. The molecule has 102 valence electrons. The summed E-state index contributed by atoms with van der Waals surface area (Å²) in [6, 6.07) is 10.6. The average Bonchev–Trinajstić information content (AvgIpc) is 2.26. The zero-order chi connectivity index (χ0) is 14.4. The van der Waals surface area contributed by atoms with Crippen molar-refractivity contribution in [2.75, 3.05) is 6.26 Å². The molecular weight excluding hydrogens is 362 g/mol. The van der Waals surface area contributed by atoms with Crippen LogP contribution in [0.4, 0.5) is 0 Å². The third kappa shape index (κ3) is 7.03. The van der Waals surface area contributed by atoms with E-state index >= 15 is 0 Å². The molecule has 0 heterocycles. The molecule has 0 radical (unpaired) electrons. The summed E-state index contributed by atoms with van der Waals surface area (Å²) in [5, 5.41) is 2.62. The molecule has 19 heavy (non-hydrogen) atoms. The minimum Gasteiger partial charge on any atom is -0.143 e. The highest BCUT2D eigenvalue weighted by molar-refractivity contribution is 7.98. The summed E-state index contributed by atoms with van der Waals surface area (Å²) in [5.74, 6) is 0. The Hall–Kier alpha value is 0.300. The third-order valence-electron chi connectivity index (χ3n) is 1.92. The van der Waals surface area contributed by atoms with Crippen LogP contribution in [0, 0.1) is 0 Å². The first-order chi connectivity index (χ1) is 8.90. The van der Waals surface area contributed by atoms with Crippen molar-refractivity contribution in [2.45, 2.75) is 9.79 Å². The van der Waals surface area contributed by atoms with Gasteiger partial charge in [0.1, 0.15) is 0 Å². The Morgan fingerprint density at radius 2 is 1.11 bits per heavy atom. The van der Waals surface area contributed by atoms with Crippen LogP contribution in [0.2, 0.25) is 20.1 Å². The Kier molecular flexibility index (Phi) is 7.81. The summed E-state index contributed by atoms with van der Waals surface area (Å²) < 4.78 is 0. The first kappa shape index (κ1) is 17.4. The topological polar surface area (TPSA) is 0 Å². The zero-order valence-corrected chi connectivity index (χ0v) is 14.6. The lowest BCUT2D eigenvalue weighted by atomic mass is 10.4. The van der Waals surface area contributed by atoms with Crippen LogP contribution in [0.5, 0.6) is 0 Å². The first-order valence-electron chi connectivity index (χ1n) is 5.06. The summed E-state index contributed by atoms with van der Waals surface area (Å²) in [6.07, 6.45) is 1.99. The van der Waals surface area contributed by atoms with Crippen molar-refractivity contribution in [3.05, 3.63) is 56.5 Å². The predicted molar refractivity (Wildman–Crippen MR) is 92.0 cm³/mol. The van der Waals surface area contributed by atoms with Gasteiger partial charge in [0, 0.05) is 29.9 Å². The van der Waals surface area contributed by atoms with E-state index < -0.39 is 0 Å². The molecule has 0 bridgehead atoms. The second-order valence-corrected chi connectivity index (χ2v) is 6.58. The Bertz CT molecular complexity index is 488. The molecule has 2 aromatic carbocycles. The summed E-state index contributed by atoms with van der Waals surface area (Å²) in [4.78, 5) is 1.88. The third-order valence-corrected chi connectivity index (χ3v) is 3.76. The van der Waals surface area contributed by atoms with Gasteiger partial charge < -0.3 is 0 Å². The molecule has 0 saturated heterocycles. The van der Waals surface area contributed by atoms with E-state index in [2.05, 4.69) is 12.6 Å². The van der Waals surface area contributed by atoms with Crippen LogP contribution in [-0.4, -0.2) is 6.26 Å². The second-order valence-electron chi connectivity index (χ2n) is 3.44. The maximum absolute atomic E-state index is 5.73. The Balaban J connectivity index is 0.000000191. The van der Waals surface area contributed by atoms with Crippen LogP contribution < -0.4 is 0 Å². The second kappa shape index (κ2) is 8.56. The monoisotopic (exact) mass is 370 g/mol. The molecule has 0 N–H and O–H groups in total. The Morgan fingerprint density at radius 3 is 1.42 bits per heavy atom. The van der Waals surface area contributed by atoms with Crippen LogP contribution in [0.25, 0.3) is 0 Å². The molecule has 0 amide bonds. The van der Waals surface area contributed by atoms with Crippen molar-refractivity contribution in [3.63, 3.8) is 0 Å². The quantitative estimate of drug-likeness (QED) is 0.416. The van der Waals surface area contributed by atoms with Crippen LogP contribution in [0.1, 0.15) is 0 Å². The van der Waals surface area contributed by atoms with E-state index in [-0.39, 0.29) is 0 Å². The van der Waals surface area contributed by atoms with Gasteiger partial charge in [0.05, 0.1) is 0 Å². The minimum absolute atomic E-state index is 0.618. The highest BCUT2D eigenvalue weighted by atomic mass is 35.5. The standard InChI is InChI=1S/C7H6Cl2S.C6H4Cl2S/c1-10-7-3-5(8)2-6(9)4-7;7-4-1-5(8)3-6(9)2-4/h2-4H,1H3;1-3,9H. The van der Waals surface area contributed by atoms with E-state index in [9.17, 15) is 0 Å². The summed E-state index contributed by atoms with van der Waals surface area (Å²) in [6.45, 7) is 0. The normalized spacial score (nSPS) is 9.79. The maximum atomic E-state index is 5.73. The van der Waals surface area contributed by atoms with Gasteiger partial charge in [0.15, 0.2) is 0 Å². The number of hydrogen-bond acceptors (Lipinski definition) is 2. The van der Waals surface area contributed by atoms with Gasteiger partial charge in [-0.05, 0) is 42.7 Å². The van der Waals surface area contributed by atoms with Gasteiger partial charge in [0.2, 0.25) is 0 Å². The Morgan fingerprint density at radius 1 is 0.737 bits per heavy atom. The van der Waals surface area contributed by atoms with Crippen molar-refractivity contribution >= 4 is 70.8 Å². The number of thiol groups is 1. The number of thioether (sulfide) groups is 1. The van der Waals surface area contributed by atoms with Crippen molar-refractivity contribution in [1.82, 2.24) is 0 Å². The number of benzene rings is 2. The molecular formula is C13H10Cl4S2. The molecule has 2 aromatic rings. The van der Waals surface area contributed by atoms with E-state index in [1.165, 1.54) is 0 Å². The van der Waals surface area contributed by atoms with Crippen LogP contribution >= 0.6 is 70.8 Å². The van der Waals surface area contributed by atoms with Gasteiger partial charge in [-0.15, -0.1) is 24.4 Å². The average molecular weight is 372 g/mol. The Labute approximate surface area is 142 Å². The molecule has 0 spiro atoms. The lowest BCUT2D eigenvalue weighted by Gasteiger charge is -1.96. The summed E-state index contributed by atoms with van der Waals surface area (Å²) >= 11 is 28.4. The van der Waals surface area contributed by atoms with Gasteiger partial charge in [0.25, 0.3) is 0 Å². The van der Waals surface area contributed by atoms with Crippen LogP contribution in [-0.2, 0) is 0 Å². The summed E-state index contributed by atoms with van der Waals surface area (Å²) in [5.41, 5.74) is 0. The van der Waals surface area contributed by atoms with E-state index in [4.69, 9.17) is 46.4 Å². The number of rotatable bonds is 1. The highest BCUT2D eigenvalue weighted by Crippen LogP contribution is 2.24. The van der Waals surface area contributed by atoms with Crippen molar-refractivity contribution in [2.24, 2.45) is 0 Å². The van der Waals surface area contributed by atoms with E-state index in [0.29, 0.717) is 20.1 Å². The fraction of sp³-hybridized carbons (Fsp3) is 0.0769. The molecule has 0 saturated carbocycles. The summed E-state index contributed by atoms with van der Waals surface area (Å²) in [7, 11) is 0.